The average Bonchev–Trinajstić information content (AvgIpc) is 2.46. The minimum atomic E-state index is -0.722. The Labute approximate surface area is 118 Å². The molecule has 1 unspecified atom stereocenters. The predicted octanol–water partition coefficient (Wildman–Crippen LogP) is 1.96. The second kappa shape index (κ2) is 7.07. The first kappa shape index (κ1) is 14.6. The lowest BCUT2D eigenvalue weighted by molar-refractivity contribution is -0.137. The van der Waals surface area contributed by atoms with E-state index in [0.717, 1.165) is 38.2 Å². The third-order valence-corrected chi connectivity index (χ3v) is 3.50. The average molecular weight is 279 g/mol. The van der Waals surface area contributed by atoms with Crippen molar-refractivity contribution >= 4 is 11.8 Å². The molecule has 0 spiro atoms. The van der Waals surface area contributed by atoms with Crippen LogP contribution in [0, 0.1) is 5.92 Å². The molecule has 1 saturated heterocycles. The number of carboxylic acids is 1. The molecule has 2 heterocycles. The molecule has 0 aromatic carbocycles. The van der Waals surface area contributed by atoms with Gasteiger partial charge in [-0.15, -0.1) is 0 Å². The first-order valence-electron chi connectivity index (χ1n) is 7.10. The van der Waals surface area contributed by atoms with Crippen LogP contribution in [-0.2, 0) is 4.79 Å². The zero-order chi connectivity index (χ0) is 14.4. The zero-order valence-corrected chi connectivity index (χ0v) is 11.8. The van der Waals surface area contributed by atoms with Gasteiger partial charge in [0, 0.05) is 19.5 Å². The van der Waals surface area contributed by atoms with Gasteiger partial charge in [-0.2, -0.15) is 4.98 Å². The van der Waals surface area contributed by atoms with Crippen LogP contribution in [0.2, 0.25) is 0 Å². The Morgan fingerprint density at radius 3 is 3.15 bits per heavy atom. The number of nitrogens with zero attached hydrogens (tertiary/aromatic N) is 3. The number of carboxylic acid groups (broad SMARTS) is 1. The van der Waals surface area contributed by atoms with E-state index in [-0.39, 0.29) is 6.42 Å². The van der Waals surface area contributed by atoms with Crippen LogP contribution in [0.5, 0.6) is 5.88 Å². The summed E-state index contributed by atoms with van der Waals surface area (Å²) in [6, 6.07) is 0. The van der Waals surface area contributed by atoms with Gasteiger partial charge in [0.05, 0.1) is 19.0 Å². The first-order valence-corrected chi connectivity index (χ1v) is 7.10. The van der Waals surface area contributed by atoms with Crippen molar-refractivity contribution in [1.82, 2.24) is 9.97 Å². The number of rotatable bonds is 6. The van der Waals surface area contributed by atoms with E-state index in [2.05, 4.69) is 14.9 Å². The largest absolute Gasteiger partial charge is 0.481 e. The first-order chi connectivity index (χ1) is 9.69. The Morgan fingerprint density at radius 2 is 2.40 bits per heavy atom. The summed E-state index contributed by atoms with van der Waals surface area (Å²) in [5.74, 6) is 1.05. The Hall–Kier alpha value is -1.85. The maximum Gasteiger partial charge on any atom is 0.303 e. The molecule has 0 radical (unpaired) electrons. The summed E-state index contributed by atoms with van der Waals surface area (Å²) in [6.45, 7) is 4.27. The van der Waals surface area contributed by atoms with Crippen molar-refractivity contribution in [1.29, 1.82) is 0 Å². The molecule has 2 rings (SSSR count). The molecule has 6 heteroatoms. The minimum absolute atomic E-state index is 0.239. The van der Waals surface area contributed by atoms with E-state index in [1.807, 2.05) is 6.92 Å². The molecule has 0 saturated carbocycles. The third kappa shape index (κ3) is 4.08. The highest BCUT2D eigenvalue weighted by atomic mass is 16.5. The van der Waals surface area contributed by atoms with Gasteiger partial charge in [-0.05, 0) is 32.1 Å². The summed E-state index contributed by atoms with van der Waals surface area (Å²) in [5.41, 5.74) is 0. The number of hydrogen-bond donors (Lipinski definition) is 1. The van der Waals surface area contributed by atoms with Gasteiger partial charge in [-0.25, -0.2) is 0 Å². The molecule has 6 nitrogen and oxygen atoms in total. The van der Waals surface area contributed by atoms with Gasteiger partial charge in [0.1, 0.15) is 0 Å². The van der Waals surface area contributed by atoms with Gasteiger partial charge < -0.3 is 14.7 Å². The van der Waals surface area contributed by atoms with Crippen LogP contribution in [0.25, 0.3) is 0 Å². The highest BCUT2D eigenvalue weighted by molar-refractivity contribution is 5.66. The van der Waals surface area contributed by atoms with E-state index in [1.54, 1.807) is 12.4 Å². The molecule has 110 valence electrons. The van der Waals surface area contributed by atoms with Crippen molar-refractivity contribution in [2.75, 3.05) is 24.6 Å². The standard InChI is InChI=1S/C14H21N3O3/c1-2-20-13-9-15-8-12(16-13)17-7-3-4-11(10-17)5-6-14(18)19/h8-9,11H,2-7,10H2,1H3,(H,18,19). The summed E-state index contributed by atoms with van der Waals surface area (Å²) in [6.07, 6.45) is 6.46. The van der Waals surface area contributed by atoms with Gasteiger partial charge in [0.25, 0.3) is 0 Å². The summed E-state index contributed by atoms with van der Waals surface area (Å²) in [4.78, 5) is 21.4. The van der Waals surface area contributed by atoms with E-state index in [0.29, 0.717) is 18.4 Å². The second-order valence-electron chi connectivity index (χ2n) is 5.04. The molecule has 1 atom stereocenters. The highest BCUT2D eigenvalue weighted by Gasteiger charge is 2.22. The van der Waals surface area contributed by atoms with E-state index in [4.69, 9.17) is 9.84 Å². The summed E-state index contributed by atoms with van der Waals surface area (Å²) in [7, 11) is 0. The Balaban J connectivity index is 1.97. The lowest BCUT2D eigenvalue weighted by Crippen LogP contribution is -2.36. The fourth-order valence-electron chi connectivity index (χ4n) is 2.54. The van der Waals surface area contributed by atoms with Crippen molar-refractivity contribution in [2.24, 2.45) is 5.92 Å². The highest BCUT2D eigenvalue weighted by Crippen LogP contribution is 2.25. The fourth-order valence-corrected chi connectivity index (χ4v) is 2.54. The molecule has 1 fully saturated rings. The van der Waals surface area contributed by atoms with Crippen LogP contribution in [0.1, 0.15) is 32.6 Å². The molecule has 1 aromatic rings. The number of piperidine rings is 1. The zero-order valence-electron chi connectivity index (χ0n) is 11.8. The molecule has 0 amide bonds. The molecular weight excluding hydrogens is 258 g/mol. The molecular formula is C14H21N3O3. The van der Waals surface area contributed by atoms with E-state index < -0.39 is 5.97 Å². The number of hydrogen-bond acceptors (Lipinski definition) is 5. The molecule has 20 heavy (non-hydrogen) atoms. The number of anilines is 1. The molecule has 1 aliphatic heterocycles. The lowest BCUT2D eigenvalue weighted by Gasteiger charge is -2.33. The Kier molecular flexibility index (Phi) is 5.15. The quantitative estimate of drug-likeness (QED) is 0.858. The van der Waals surface area contributed by atoms with Crippen molar-refractivity contribution in [3.8, 4) is 5.88 Å². The molecule has 1 aliphatic rings. The topological polar surface area (TPSA) is 75.5 Å². The van der Waals surface area contributed by atoms with Gasteiger partial charge in [-0.3, -0.25) is 9.78 Å². The van der Waals surface area contributed by atoms with Crippen LogP contribution < -0.4 is 9.64 Å². The van der Waals surface area contributed by atoms with Crippen molar-refractivity contribution in [2.45, 2.75) is 32.6 Å². The van der Waals surface area contributed by atoms with Crippen molar-refractivity contribution in [3.05, 3.63) is 12.4 Å². The smallest absolute Gasteiger partial charge is 0.303 e. The van der Waals surface area contributed by atoms with Crippen molar-refractivity contribution in [3.63, 3.8) is 0 Å². The fraction of sp³-hybridized carbons (Fsp3) is 0.643. The SMILES string of the molecule is CCOc1cncc(N2CCCC(CCC(=O)O)C2)n1. The van der Waals surface area contributed by atoms with Gasteiger partial charge in [-0.1, -0.05) is 0 Å². The Bertz CT molecular complexity index is 453. The molecule has 1 aromatic heterocycles. The summed E-state index contributed by atoms with van der Waals surface area (Å²) in [5, 5.41) is 8.77. The molecule has 0 bridgehead atoms. The predicted molar refractivity (Wildman–Crippen MR) is 75.0 cm³/mol. The van der Waals surface area contributed by atoms with Crippen LogP contribution in [0.3, 0.4) is 0 Å². The Morgan fingerprint density at radius 1 is 1.55 bits per heavy atom. The van der Waals surface area contributed by atoms with Crippen molar-refractivity contribution < 1.29 is 14.6 Å². The van der Waals surface area contributed by atoms with E-state index >= 15 is 0 Å². The number of ether oxygens (including phenoxy) is 1. The lowest BCUT2D eigenvalue weighted by atomic mass is 9.93. The van der Waals surface area contributed by atoms with Crippen LogP contribution in [0.4, 0.5) is 5.82 Å². The van der Waals surface area contributed by atoms with Crippen LogP contribution >= 0.6 is 0 Å². The van der Waals surface area contributed by atoms with Gasteiger partial charge >= 0.3 is 5.97 Å². The van der Waals surface area contributed by atoms with E-state index in [9.17, 15) is 4.79 Å². The molecule has 1 N–H and O–H groups in total. The van der Waals surface area contributed by atoms with Gasteiger partial charge in [0.15, 0.2) is 5.82 Å². The summed E-state index contributed by atoms with van der Waals surface area (Å²) < 4.78 is 5.37. The second-order valence-corrected chi connectivity index (χ2v) is 5.04. The monoisotopic (exact) mass is 279 g/mol. The minimum Gasteiger partial charge on any atom is -0.481 e. The summed E-state index contributed by atoms with van der Waals surface area (Å²) >= 11 is 0. The van der Waals surface area contributed by atoms with E-state index in [1.165, 1.54) is 0 Å². The number of aromatic nitrogens is 2. The number of aliphatic carboxylic acids is 1. The van der Waals surface area contributed by atoms with Crippen LogP contribution in [0.15, 0.2) is 12.4 Å². The van der Waals surface area contributed by atoms with Crippen LogP contribution in [-0.4, -0.2) is 40.7 Å². The number of carbonyl (C=O) groups is 1. The normalized spacial score (nSPS) is 18.9. The van der Waals surface area contributed by atoms with Gasteiger partial charge in [0.2, 0.25) is 5.88 Å². The maximum atomic E-state index is 10.7. The maximum absolute atomic E-state index is 10.7. The molecule has 0 aliphatic carbocycles. The third-order valence-electron chi connectivity index (χ3n) is 3.50.